The second-order valence-corrected chi connectivity index (χ2v) is 5.37. The molecule has 104 valence electrons. The molecule has 1 aliphatic heterocycles. The summed E-state index contributed by atoms with van der Waals surface area (Å²) >= 11 is 0. The molecule has 0 N–H and O–H groups in total. The van der Waals surface area contributed by atoms with Crippen LogP contribution in [-0.2, 0) is 4.79 Å². The van der Waals surface area contributed by atoms with Crippen LogP contribution in [-0.4, -0.2) is 37.1 Å². The van der Waals surface area contributed by atoms with Crippen molar-refractivity contribution in [3.63, 3.8) is 0 Å². The molecule has 1 aliphatic rings. The second-order valence-electron chi connectivity index (χ2n) is 5.37. The first-order valence-corrected chi connectivity index (χ1v) is 6.68. The highest BCUT2D eigenvalue weighted by Gasteiger charge is 2.23. The average Bonchev–Trinajstić information content (AvgIpc) is 2.37. The number of hydrogen-bond donors (Lipinski definition) is 0. The Kier molecular flexibility index (Phi) is 4.30. The van der Waals surface area contributed by atoms with E-state index >= 15 is 0 Å². The highest BCUT2D eigenvalue weighted by atomic mass is 16.6. The molecule has 0 bridgehead atoms. The molecule has 0 saturated carbocycles. The number of hydrogen-bond acceptors (Lipinski definition) is 3. The Morgan fingerprint density at radius 3 is 2.74 bits per heavy atom. The van der Waals surface area contributed by atoms with Crippen molar-refractivity contribution >= 4 is 5.91 Å². The summed E-state index contributed by atoms with van der Waals surface area (Å²) in [6, 6.07) is 7.61. The number of rotatable bonds is 4. The Hall–Kier alpha value is -1.71. The fraction of sp³-hybridized carbons (Fsp3) is 0.533. The number of ether oxygens (including phenoxy) is 2. The van der Waals surface area contributed by atoms with Gasteiger partial charge in [-0.3, -0.25) is 4.79 Å². The van der Waals surface area contributed by atoms with Gasteiger partial charge in [-0.2, -0.15) is 0 Å². The predicted octanol–water partition coefficient (Wildman–Crippen LogP) is 2.33. The standard InChI is InChI=1S/C15H21NO3/c1-11(2)8-15(17)16(3)9-12-10-18-13-6-4-5-7-14(13)19-12/h4-7,11-12H,8-10H2,1-3H3. The fourth-order valence-corrected chi connectivity index (χ4v) is 2.07. The van der Waals surface area contributed by atoms with Gasteiger partial charge in [-0.1, -0.05) is 26.0 Å². The Morgan fingerprint density at radius 1 is 1.37 bits per heavy atom. The summed E-state index contributed by atoms with van der Waals surface area (Å²) in [4.78, 5) is 13.6. The van der Waals surface area contributed by atoms with Gasteiger partial charge in [0.1, 0.15) is 6.61 Å². The summed E-state index contributed by atoms with van der Waals surface area (Å²) < 4.78 is 11.5. The van der Waals surface area contributed by atoms with Crippen molar-refractivity contribution in [3.05, 3.63) is 24.3 Å². The number of likely N-dealkylation sites (N-methyl/N-ethyl adjacent to an activating group) is 1. The molecule has 1 aromatic rings. The van der Waals surface area contributed by atoms with Crippen LogP contribution < -0.4 is 9.47 Å². The minimum Gasteiger partial charge on any atom is -0.486 e. The van der Waals surface area contributed by atoms with Crippen LogP contribution in [0.5, 0.6) is 11.5 Å². The van der Waals surface area contributed by atoms with Gasteiger partial charge in [-0.25, -0.2) is 0 Å². The van der Waals surface area contributed by atoms with Gasteiger partial charge < -0.3 is 14.4 Å². The topological polar surface area (TPSA) is 38.8 Å². The molecule has 0 saturated heterocycles. The SMILES string of the molecule is CC(C)CC(=O)N(C)CC1COc2ccccc2O1. The number of para-hydroxylation sites is 2. The van der Waals surface area contributed by atoms with Crippen molar-refractivity contribution in [1.82, 2.24) is 4.90 Å². The molecule has 1 amide bonds. The number of carbonyl (C=O) groups excluding carboxylic acids is 1. The molecular formula is C15H21NO3. The molecule has 0 fully saturated rings. The second kappa shape index (κ2) is 5.95. The fourth-order valence-electron chi connectivity index (χ4n) is 2.07. The number of amides is 1. The zero-order chi connectivity index (χ0) is 13.8. The van der Waals surface area contributed by atoms with E-state index in [1.807, 2.05) is 45.2 Å². The third kappa shape index (κ3) is 3.63. The number of carbonyl (C=O) groups is 1. The molecule has 1 unspecified atom stereocenters. The minimum absolute atomic E-state index is 0.101. The van der Waals surface area contributed by atoms with E-state index < -0.39 is 0 Å². The molecule has 4 nitrogen and oxygen atoms in total. The molecule has 1 heterocycles. The number of nitrogens with zero attached hydrogens (tertiary/aromatic N) is 1. The molecule has 0 radical (unpaired) electrons. The van der Waals surface area contributed by atoms with Crippen LogP contribution >= 0.6 is 0 Å². The maximum atomic E-state index is 11.9. The average molecular weight is 263 g/mol. The molecule has 0 spiro atoms. The van der Waals surface area contributed by atoms with Crippen LogP contribution in [0.4, 0.5) is 0 Å². The van der Waals surface area contributed by atoms with Crippen molar-refractivity contribution in [2.45, 2.75) is 26.4 Å². The molecule has 0 aliphatic carbocycles. The largest absolute Gasteiger partial charge is 0.486 e. The van der Waals surface area contributed by atoms with Gasteiger partial charge in [0, 0.05) is 13.5 Å². The van der Waals surface area contributed by atoms with Crippen molar-refractivity contribution in [1.29, 1.82) is 0 Å². The third-order valence-electron chi connectivity index (χ3n) is 3.05. The summed E-state index contributed by atoms with van der Waals surface area (Å²) in [7, 11) is 1.81. The molecule has 19 heavy (non-hydrogen) atoms. The van der Waals surface area contributed by atoms with E-state index in [2.05, 4.69) is 0 Å². The van der Waals surface area contributed by atoms with Gasteiger partial charge in [0.2, 0.25) is 5.91 Å². The van der Waals surface area contributed by atoms with E-state index in [4.69, 9.17) is 9.47 Å². The number of benzene rings is 1. The monoisotopic (exact) mass is 263 g/mol. The quantitative estimate of drug-likeness (QED) is 0.837. The van der Waals surface area contributed by atoms with E-state index in [1.54, 1.807) is 4.90 Å². The van der Waals surface area contributed by atoms with Crippen molar-refractivity contribution in [2.75, 3.05) is 20.2 Å². The van der Waals surface area contributed by atoms with Crippen LogP contribution in [0.2, 0.25) is 0 Å². The van der Waals surface area contributed by atoms with Gasteiger partial charge >= 0.3 is 0 Å². The van der Waals surface area contributed by atoms with Crippen LogP contribution in [0, 0.1) is 5.92 Å². The first-order chi connectivity index (χ1) is 9.06. The molecule has 2 rings (SSSR count). The van der Waals surface area contributed by atoms with Gasteiger partial charge in [0.05, 0.1) is 6.54 Å². The minimum atomic E-state index is -0.101. The lowest BCUT2D eigenvalue weighted by Crippen LogP contribution is -2.42. The molecule has 0 aromatic heterocycles. The van der Waals surface area contributed by atoms with Crippen LogP contribution in [0.15, 0.2) is 24.3 Å². The van der Waals surface area contributed by atoms with Crippen LogP contribution in [0.1, 0.15) is 20.3 Å². The lowest BCUT2D eigenvalue weighted by molar-refractivity contribution is -0.132. The van der Waals surface area contributed by atoms with Gasteiger partial charge in [0.25, 0.3) is 0 Å². The summed E-state index contributed by atoms with van der Waals surface area (Å²) in [5.74, 6) is 2.05. The van der Waals surface area contributed by atoms with E-state index in [1.165, 1.54) is 0 Å². The highest BCUT2D eigenvalue weighted by molar-refractivity contribution is 5.76. The van der Waals surface area contributed by atoms with Crippen LogP contribution in [0.25, 0.3) is 0 Å². The summed E-state index contributed by atoms with van der Waals surface area (Å²) in [6.07, 6.45) is 0.469. The maximum absolute atomic E-state index is 11.9. The molecular weight excluding hydrogens is 242 g/mol. The van der Waals surface area contributed by atoms with Crippen LogP contribution in [0.3, 0.4) is 0 Å². The van der Waals surface area contributed by atoms with E-state index in [0.29, 0.717) is 25.5 Å². The normalized spacial score (nSPS) is 17.4. The lowest BCUT2D eigenvalue weighted by Gasteiger charge is -2.29. The van der Waals surface area contributed by atoms with E-state index in [9.17, 15) is 4.79 Å². The summed E-state index contributed by atoms with van der Waals surface area (Å²) in [6.45, 7) is 5.13. The number of fused-ring (bicyclic) bond motifs is 1. The van der Waals surface area contributed by atoms with Crippen molar-refractivity contribution in [3.8, 4) is 11.5 Å². The lowest BCUT2D eigenvalue weighted by atomic mass is 10.1. The smallest absolute Gasteiger partial charge is 0.222 e. The molecule has 1 atom stereocenters. The maximum Gasteiger partial charge on any atom is 0.222 e. The zero-order valence-electron chi connectivity index (χ0n) is 11.8. The molecule has 1 aromatic carbocycles. The third-order valence-corrected chi connectivity index (χ3v) is 3.05. The predicted molar refractivity (Wildman–Crippen MR) is 73.4 cm³/mol. The van der Waals surface area contributed by atoms with Gasteiger partial charge in [-0.15, -0.1) is 0 Å². The Labute approximate surface area is 114 Å². The Bertz CT molecular complexity index is 445. The first kappa shape index (κ1) is 13.7. The molecule has 4 heteroatoms. The van der Waals surface area contributed by atoms with Gasteiger partial charge in [-0.05, 0) is 18.1 Å². The van der Waals surface area contributed by atoms with Crippen molar-refractivity contribution < 1.29 is 14.3 Å². The van der Waals surface area contributed by atoms with Gasteiger partial charge in [0.15, 0.2) is 17.6 Å². The Morgan fingerprint density at radius 2 is 2.05 bits per heavy atom. The highest BCUT2D eigenvalue weighted by Crippen LogP contribution is 2.30. The zero-order valence-corrected chi connectivity index (χ0v) is 11.8. The first-order valence-electron chi connectivity index (χ1n) is 6.68. The summed E-state index contributed by atoms with van der Waals surface area (Å²) in [5, 5.41) is 0. The van der Waals surface area contributed by atoms with E-state index in [-0.39, 0.29) is 12.0 Å². The summed E-state index contributed by atoms with van der Waals surface area (Å²) in [5.41, 5.74) is 0. The van der Waals surface area contributed by atoms with E-state index in [0.717, 1.165) is 11.5 Å². The van der Waals surface area contributed by atoms with Crippen molar-refractivity contribution in [2.24, 2.45) is 5.92 Å². The Balaban J connectivity index is 1.90.